The van der Waals surface area contributed by atoms with Crippen molar-refractivity contribution in [3.05, 3.63) is 97.2 Å². The van der Waals surface area contributed by atoms with Gasteiger partial charge in [-0.3, -0.25) is 13.8 Å². The summed E-state index contributed by atoms with van der Waals surface area (Å²) in [6.45, 7) is 4.72. The standard InChI is InChI=1S/C77H141N2O6P/c1-6-8-10-12-14-16-18-20-22-24-26-28-30-32-34-36-38-39-41-43-45-47-49-51-53-55-57-59-61-63-65-67-69-71-77(81)78-75(74-85-86(82,83)84-73-72-79(3,4)5)76(80)70-68-66-64-62-60-58-56-54-52-50-48-46-44-42-40-37-35-33-31-29-27-25-23-21-19-17-15-13-11-9-7-2/h8,10,14,16,20,22,26,28,32,34,38-39,60,62,68,70,75-76,80H,6-7,9,11-13,15,17-19,21,23-25,27,29-31,33,35-37,40-59,61,63-67,69,71-74H2,1-5H3,(H-,78,81,82,83)/p+1/b10-8-,16-14-,22-20-,28-26-,34-32-,39-38-,62-60+,70-68+. The van der Waals surface area contributed by atoms with Crippen LogP contribution in [0.4, 0.5) is 0 Å². The third-order valence-electron chi connectivity index (χ3n) is 16.3. The maximum atomic E-state index is 13.1. The van der Waals surface area contributed by atoms with Gasteiger partial charge in [0.05, 0.1) is 39.9 Å². The molecule has 0 aliphatic carbocycles. The lowest BCUT2D eigenvalue weighted by Gasteiger charge is -2.25. The highest BCUT2D eigenvalue weighted by molar-refractivity contribution is 7.47. The molecule has 0 saturated carbocycles. The zero-order valence-corrected chi connectivity index (χ0v) is 58.2. The highest BCUT2D eigenvalue weighted by atomic mass is 31.2. The summed E-state index contributed by atoms with van der Waals surface area (Å²) in [5.41, 5.74) is 0. The maximum Gasteiger partial charge on any atom is 0.472 e. The Morgan fingerprint density at radius 1 is 0.407 bits per heavy atom. The van der Waals surface area contributed by atoms with E-state index in [1.807, 2.05) is 27.2 Å². The van der Waals surface area contributed by atoms with Gasteiger partial charge in [-0.25, -0.2) is 4.57 Å². The van der Waals surface area contributed by atoms with Gasteiger partial charge in [0.15, 0.2) is 0 Å². The largest absolute Gasteiger partial charge is 0.472 e. The molecule has 0 fully saturated rings. The molecule has 0 rings (SSSR count). The molecule has 0 bridgehead atoms. The minimum absolute atomic E-state index is 0.0533. The summed E-state index contributed by atoms with van der Waals surface area (Å²) in [6.07, 6.45) is 97.1. The van der Waals surface area contributed by atoms with Gasteiger partial charge in [-0.1, -0.05) is 342 Å². The van der Waals surface area contributed by atoms with Crippen LogP contribution in [0.25, 0.3) is 0 Å². The van der Waals surface area contributed by atoms with Crippen LogP contribution in [0.3, 0.4) is 0 Å². The number of hydrogen-bond donors (Lipinski definition) is 3. The number of rotatable bonds is 67. The molecular weight excluding hydrogens is 1080 g/mol. The molecule has 500 valence electrons. The Bertz CT molecular complexity index is 1730. The summed E-state index contributed by atoms with van der Waals surface area (Å²) >= 11 is 0. The number of phosphoric acid groups is 1. The molecule has 9 heteroatoms. The molecular formula is C77H142N2O6P+. The molecule has 0 aliphatic rings. The number of aliphatic hydroxyl groups is 1. The molecule has 3 atom stereocenters. The number of unbranched alkanes of at least 4 members (excludes halogenated alkanes) is 40. The number of allylic oxidation sites excluding steroid dienone is 15. The SMILES string of the molecule is CC/C=C\C/C=C\C/C=C\C/C=C\C/C=C\C/C=C\CCCCCCCCCCCCCCCCC(=O)NC(COP(=O)(O)OCC[N+](C)(C)C)C(O)/C=C/CC/C=C/CCCCCCCCCCCCCCCCCCCCCCCCCCC. The van der Waals surface area contributed by atoms with Crippen LogP contribution in [0.5, 0.6) is 0 Å². The Balaban J connectivity index is 4.09. The van der Waals surface area contributed by atoms with Gasteiger partial charge in [-0.2, -0.15) is 0 Å². The van der Waals surface area contributed by atoms with E-state index in [0.717, 1.165) is 77.0 Å². The molecule has 3 N–H and O–H groups in total. The van der Waals surface area contributed by atoms with Gasteiger partial charge in [-0.15, -0.1) is 0 Å². The molecule has 86 heavy (non-hydrogen) atoms. The van der Waals surface area contributed by atoms with Crippen LogP contribution in [-0.4, -0.2) is 73.4 Å². The van der Waals surface area contributed by atoms with E-state index in [0.29, 0.717) is 17.4 Å². The van der Waals surface area contributed by atoms with Crippen LogP contribution in [0.1, 0.15) is 335 Å². The Morgan fingerprint density at radius 3 is 1.07 bits per heavy atom. The van der Waals surface area contributed by atoms with E-state index in [-0.39, 0.29) is 19.1 Å². The van der Waals surface area contributed by atoms with Gasteiger partial charge in [-0.05, 0) is 83.5 Å². The Labute approximate surface area is 534 Å². The lowest BCUT2D eigenvalue weighted by atomic mass is 10.0. The summed E-state index contributed by atoms with van der Waals surface area (Å²) in [5.74, 6) is -0.187. The average Bonchev–Trinajstić information content (AvgIpc) is 3.70. The summed E-state index contributed by atoms with van der Waals surface area (Å²) in [5, 5.41) is 14.0. The first-order valence-electron chi connectivity index (χ1n) is 36.6. The second-order valence-corrected chi connectivity index (χ2v) is 27.4. The van der Waals surface area contributed by atoms with Crippen LogP contribution in [0, 0.1) is 0 Å². The molecule has 0 heterocycles. The van der Waals surface area contributed by atoms with Crippen molar-refractivity contribution in [3.63, 3.8) is 0 Å². The number of quaternary nitrogens is 1. The van der Waals surface area contributed by atoms with E-state index >= 15 is 0 Å². The van der Waals surface area contributed by atoms with Crippen molar-refractivity contribution >= 4 is 13.7 Å². The van der Waals surface area contributed by atoms with Gasteiger partial charge in [0.25, 0.3) is 0 Å². The quantitative estimate of drug-likeness (QED) is 0.0243. The van der Waals surface area contributed by atoms with Crippen molar-refractivity contribution in [2.75, 3.05) is 40.9 Å². The van der Waals surface area contributed by atoms with Crippen LogP contribution < -0.4 is 5.32 Å². The number of phosphoric ester groups is 1. The first-order chi connectivity index (χ1) is 42.0. The fraction of sp³-hybridized carbons (Fsp3) is 0.779. The fourth-order valence-electron chi connectivity index (χ4n) is 10.7. The molecule has 1 amide bonds. The summed E-state index contributed by atoms with van der Waals surface area (Å²) in [6, 6.07) is -0.871. The van der Waals surface area contributed by atoms with E-state index in [1.165, 1.54) is 238 Å². The second kappa shape index (κ2) is 66.8. The van der Waals surface area contributed by atoms with Gasteiger partial charge >= 0.3 is 7.82 Å². The predicted octanol–water partition coefficient (Wildman–Crippen LogP) is 23.7. The fourth-order valence-corrected chi connectivity index (χ4v) is 11.4. The van der Waals surface area contributed by atoms with E-state index in [2.05, 4.69) is 104 Å². The number of likely N-dealkylation sites (N-methyl/N-ethyl adjacent to an activating group) is 1. The van der Waals surface area contributed by atoms with Gasteiger partial charge in [0.2, 0.25) is 5.91 Å². The van der Waals surface area contributed by atoms with Crippen molar-refractivity contribution in [3.8, 4) is 0 Å². The van der Waals surface area contributed by atoms with Crippen molar-refractivity contribution in [2.24, 2.45) is 0 Å². The summed E-state index contributed by atoms with van der Waals surface area (Å²) < 4.78 is 23.8. The molecule has 0 saturated heterocycles. The van der Waals surface area contributed by atoms with E-state index in [4.69, 9.17) is 9.05 Å². The number of carbonyl (C=O) groups excluding carboxylic acids is 1. The number of nitrogens with one attached hydrogen (secondary N) is 1. The zero-order chi connectivity index (χ0) is 62.6. The molecule has 0 aromatic carbocycles. The molecule has 0 aliphatic heterocycles. The smallest absolute Gasteiger partial charge is 0.387 e. The highest BCUT2D eigenvalue weighted by Crippen LogP contribution is 2.43. The minimum Gasteiger partial charge on any atom is -0.387 e. The normalized spacial score (nSPS) is 14.2. The van der Waals surface area contributed by atoms with E-state index in [1.54, 1.807) is 6.08 Å². The van der Waals surface area contributed by atoms with E-state index < -0.39 is 20.0 Å². The lowest BCUT2D eigenvalue weighted by molar-refractivity contribution is -0.870. The lowest BCUT2D eigenvalue weighted by Crippen LogP contribution is -2.45. The van der Waals surface area contributed by atoms with Crippen LogP contribution in [-0.2, 0) is 18.4 Å². The Hall–Kier alpha value is -2.58. The molecule has 0 aromatic heterocycles. The van der Waals surface area contributed by atoms with Gasteiger partial charge in [0, 0.05) is 6.42 Å². The molecule has 3 unspecified atom stereocenters. The molecule has 8 nitrogen and oxygen atoms in total. The first kappa shape index (κ1) is 83.4. The van der Waals surface area contributed by atoms with Gasteiger partial charge in [0.1, 0.15) is 13.2 Å². The monoisotopic (exact) mass is 1220 g/mol. The summed E-state index contributed by atoms with van der Waals surface area (Å²) in [4.78, 5) is 23.4. The van der Waals surface area contributed by atoms with Crippen molar-refractivity contribution in [1.82, 2.24) is 5.32 Å². The Morgan fingerprint density at radius 2 is 0.709 bits per heavy atom. The summed E-state index contributed by atoms with van der Waals surface area (Å²) in [7, 11) is 1.56. The van der Waals surface area contributed by atoms with Crippen LogP contribution in [0.15, 0.2) is 97.2 Å². The number of nitrogens with zero attached hydrogens (tertiary/aromatic N) is 1. The van der Waals surface area contributed by atoms with E-state index in [9.17, 15) is 19.4 Å². The Kier molecular flexibility index (Phi) is 64.8. The van der Waals surface area contributed by atoms with Crippen molar-refractivity contribution in [1.29, 1.82) is 0 Å². The number of aliphatic hydroxyl groups excluding tert-OH is 1. The third-order valence-corrected chi connectivity index (χ3v) is 17.3. The van der Waals surface area contributed by atoms with Crippen LogP contribution in [0.2, 0.25) is 0 Å². The second-order valence-electron chi connectivity index (χ2n) is 25.9. The molecule has 0 aromatic rings. The highest BCUT2D eigenvalue weighted by Gasteiger charge is 2.28. The topological polar surface area (TPSA) is 105 Å². The maximum absolute atomic E-state index is 13.1. The van der Waals surface area contributed by atoms with Crippen molar-refractivity contribution in [2.45, 2.75) is 347 Å². The first-order valence-corrected chi connectivity index (χ1v) is 38.1. The van der Waals surface area contributed by atoms with Crippen molar-refractivity contribution < 1.29 is 32.9 Å². The van der Waals surface area contributed by atoms with Gasteiger partial charge < -0.3 is 19.8 Å². The third kappa shape index (κ3) is 68.9. The number of amides is 1. The molecule has 0 radical (unpaired) electrons. The predicted molar refractivity (Wildman–Crippen MR) is 378 cm³/mol. The average molecular weight is 1220 g/mol. The number of hydrogen-bond acceptors (Lipinski definition) is 5. The van der Waals surface area contributed by atoms with Crippen LogP contribution >= 0.6 is 7.82 Å². The number of carbonyl (C=O) groups is 1. The minimum atomic E-state index is -4.37. The molecule has 0 spiro atoms. The zero-order valence-electron chi connectivity index (χ0n) is 57.3.